The summed E-state index contributed by atoms with van der Waals surface area (Å²) in [5.74, 6) is 0. The molecule has 0 unspecified atom stereocenters. The SMILES string of the molecule is OCc1ccc(CNCc2cccs2)cc1. The van der Waals surface area contributed by atoms with Crippen molar-refractivity contribution in [2.45, 2.75) is 19.7 Å². The number of benzene rings is 1. The van der Waals surface area contributed by atoms with Crippen molar-refractivity contribution in [1.82, 2.24) is 5.32 Å². The average molecular weight is 233 g/mol. The summed E-state index contributed by atoms with van der Waals surface area (Å²) in [5.41, 5.74) is 2.20. The van der Waals surface area contributed by atoms with E-state index in [9.17, 15) is 0 Å². The van der Waals surface area contributed by atoms with Crippen LogP contribution in [0, 0.1) is 0 Å². The quantitative estimate of drug-likeness (QED) is 0.831. The number of aliphatic hydroxyl groups excluding tert-OH is 1. The second kappa shape index (κ2) is 5.80. The molecule has 0 amide bonds. The van der Waals surface area contributed by atoms with Crippen molar-refractivity contribution in [2.24, 2.45) is 0 Å². The predicted molar refractivity (Wildman–Crippen MR) is 67.2 cm³/mol. The van der Waals surface area contributed by atoms with Crippen molar-refractivity contribution < 1.29 is 5.11 Å². The van der Waals surface area contributed by atoms with Crippen molar-refractivity contribution in [1.29, 1.82) is 0 Å². The highest BCUT2D eigenvalue weighted by atomic mass is 32.1. The Morgan fingerprint density at radius 1 is 1.00 bits per heavy atom. The molecular formula is C13H15NOS. The minimum Gasteiger partial charge on any atom is -0.392 e. The zero-order valence-electron chi connectivity index (χ0n) is 9.02. The molecule has 0 saturated heterocycles. The molecule has 1 aromatic carbocycles. The lowest BCUT2D eigenvalue weighted by atomic mass is 10.1. The molecule has 3 heteroatoms. The van der Waals surface area contributed by atoms with Gasteiger partial charge in [0.05, 0.1) is 6.61 Å². The largest absolute Gasteiger partial charge is 0.392 e. The molecule has 16 heavy (non-hydrogen) atoms. The lowest BCUT2D eigenvalue weighted by Crippen LogP contribution is -2.11. The maximum absolute atomic E-state index is 8.92. The first-order valence-corrected chi connectivity index (χ1v) is 6.18. The Bertz CT molecular complexity index is 408. The van der Waals surface area contributed by atoms with Crippen LogP contribution in [0.2, 0.25) is 0 Å². The summed E-state index contributed by atoms with van der Waals surface area (Å²) in [4.78, 5) is 1.35. The van der Waals surface area contributed by atoms with Gasteiger partial charge in [0.1, 0.15) is 0 Å². The topological polar surface area (TPSA) is 32.3 Å². The molecule has 1 aromatic heterocycles. The van der Waals surface area contributed by atoms with Gasteiger partial charge in [0, 0.05) is 18.0 Å². The predicted octanol–water partition coefficient (Wildman–Crippen LogP) is 2.53. The number of nitrogens with one attached hydrogen (secondary N) is 1. The molecule has 0 aliphatic rings. The van der Waals surface area contributed by atoms with Crippen LogP contribution in [0.15, 0.2) is 41.8 Å². The van der Waals surface area contributed by atoms with Gasteiger partial charge in [-0.15, -0.1) is 11.3 Å². The van der Waals surface area contributed by atoms with Crippen LogP contribution < -0.4 is 5.32 Å². The van der Waals surface area contributed by atoms with Crippen LogP contribution in [-0.4, -0.2) is 5.11 Å². The first-order valence-electron chi connectivity index (χ1n) is 5.30. The molecule has 1 heterocycles. The van der Waals surface area contributed by atoms with Crippen molar-refractivity contribution in [2.75, 3.05) is 0 Å². The van der Waals surface area contributed by atoms with Crippen LogP contribution in [0.3, 0.4) is 0 Å². The van der Waals surface area contributed by atoms with E-state index >= 15 is 0 Å². The highest BCUT2D eigenvalue weighted by molar-refractivity contribution is 7.09. The second-order valence-electron chi connectivity index (χ2n) is 3.66. The van der Waals surface area contributed by atoms with E-state index in [0.29, 0.717) is 0 Å². The van der Waals surface area contributed by atoms with Crippen LogP contribution in [0.25, 0.3) is 0 Å². The van der Waals surface area contributed by atoms with E-state index in [2.05, 4.69) is 22.8 Å². The molecular weight excluding hydrogens is 218 g/mol. The molecule has 2 rings (SSSR count). The molecule has 0 spiro atoms. The Kier molecular flexibility index (Phi) is 4.10. The van der Waals surface area contributed by atoms with Crippen molar-refractivity contribution in [3.8, 4) is 0 Å². The van der Waals surface area contributed by atoms with E-state index in [4.69, 9.17) is 5.11 Å². The van der Waals surface area contributed by atoms with E-state index in [-0.39, 0.29) is 6.61 Å². The minimum atomic E-state index is 0.114. The highest BCUT2D eigenvalue weighted by Crippen LogP contribution is 2.08. The Labute approximate surface area is 99.6 Å². The molecule has 0 aliphatic carbocycles. The van der Waals surface area contributed by atoms with E-state index in [1.807, 2.05) is 24.3 Å². The first-order chi connectivity index (χ1) is 7.88. The normalized spacial score (nSPS) is 10.6. The second-order valence-corrected chi connectivity index (χ2v) is 4.69. The molecule has 2 N–H and O–H groups in total. The minimum absolute atomic E-state index is 0.114. The van der Waals surface area contributed by atoms with E-state index in [0.717, 1.165) is 18.7 Å². The fourth-order valence-corrected chi connectivity index (χ4v) is 2.18. The summed E-state index contributed by atoms with van der Waals surface area (Å²) in [5, 5.41) is 14.4. The van der Waals surface area contributed by atoms with Crippen molar-refractivity contribution >= 4 is 11.3 Å². The monoisotopic (exact) mass is 233 g/mol. The third kappa shape index (κ3) is 3.17. The summed E-state index contributed by atoms with van der Waals surface area (Å²) < 4.78 is 0. The maximum Gasteiger partial charge on any atom is 0.0681 e. The third-order valence-electron chi connectivity index (χ3n) is 2.41. The summed E-state index contributed by atoms with van der Waals surface area (Å²) in [7, 11) is 0. The number of thiophene rings is 1. The van der Waals surface area contributed by atoms with Crippen LogP contribution in [-0.2, 0) is 19.7 Å². The number of aliphatic hydroxyl groups is 1. The van der Waals surface area contributed by atoms with Gasteiger partial charge in [-0.3, -0.25) is 0 Å². The molecule has 84 valence electrons. The van der Waals surface area contributed by atoms with Gasteiger partial charge in [-0.2, -0.15) is 0 Å². The van der Waals surface area contributed by atoms with Crippen LogP contribution >= 0.6 is 11.3 Å². The van der Waals surface area contributed by atoms with E-state index < -0.39 is 0 Å². The highest BCUT2D eigenvalue weighted by Gasteiger charge is 1.95. The van der Waals surface area contributed by atoms with Gasteiger partial charge in [-0.1, -0.05) is 30.3 Å². The fourth-order valence-electron chi connectivity index (χ4n) is 1.51. The lowest BCUT2D eigenvalue weighted by Gasteiger charge is -2.04. The molecule has 2 aromatic rings. The third-order valence-corrected chi connectivity index (χ3v) is 3.29. The zero-order valence-corrected chi connectivity index (χ0v) is 9.83. The van der Waals surface area contributed by atoms with Crippen LogP contribution in [0.5, 0.6) is 0 Å². The molecule has 0 saturated carbocycles. The fraction of sp³-hybridized carbons (Fsp3) is 0.231. The lowest BCUT2D eigenvalue weighted by molar-refractivity contribution is 0.282. The Morgan fingerprint density at radius 2 is 1.75 bits per heavy atom. The number of hydrogen-bond donors (Lipinski definition) is 2. The zero-order chi connectivity index (χ0) is 11.2. The summed E-state index contributed by atoms with van der Waals surface area (Å²) in [6.07, 6.45) is 0. The van der Waals surface area contributed by atoms with Crippen LogP contribution in [0.1, 0.15) is 16.0 Å². The maximum atomic E-state index is 8.92. The molecule has 0 atom stereocenters. The summed E-state index contributed by atoms with van der Waals surface area (Å²) in [6, 6.07) is 12.2. The van der Waals surface area contributed by atoms with Crippen molar-refractivity contribution in [3.05, 3.63) is 57.8 Å². The molecule has 0 aliphatic heterocycles. The first kappa shape index (κ1) is 11.3. The molecule has 0 radical (unpaired) electrons. The molecule has 0 fully saturated rings. The summed E-state index contributed by atoms with van der Waals surface area (Å²) in [6.45, 7) is 1.89. The Hall–Kier alpha value is -1.16. The average Bonchev–Trinajstić information content (AvgIpc) is 2.83. The number of rotatable bonds is 5. The van der Waals surface area contributed by atoms with E-state index in [1.165, 1.54) is 10.4 Å². The Morgan fingerprint density at radius 3 is 2.38 bits per heavy atom. The molecule has 2 nitrogen and oxygen atoms in total. The van der Waals surface area contributed by atoms with Gasteiger partial charge in [0.25, 0.3) is 0 Å². The van der Waals surface area contributed by atoms with Gasteiger partial charge in [-0.05, 0) is 22.6 Å². The van der Waals surface area contributed by atoms with Gasteiger partial charge in [0.2, 0.25) is 0 Å². The van der Waals surface area contributed by atoms with Crippen molar-refractivity contribution in [3.63, 3.8) is 0 Å². The van der Waals surface area contributed by atoms with Gasteiger partial charge in [0.15, 0.2) is 0 Å². The summed E-state index contributed by atoms with van der Waals surface area (Å²) >= 11 is 1.77. The van der Waals surface area contributed by atoms with Gasteiger partial charge in [-0.25, -0.2) is 0 Å². The van der Waals surface area contributed by atoms with E-state index in [1.54, 1.807) is 11.3 Å². The standard InChI is InChI=1S/C13H15NOS/c15-10-12-5-3-11(4-6-12)8-14-9-13-2-1-7-16-13/h1-7,14-15H,8-10H2. The molecule has 0 bridgehead atoms. The Balaban J connectivity index is 1.81. The van der Waals surface area contributed by atoms with Gasteiger partial charge < -0.3 is 10.4 Å². The van der Waals surface area contributed by atoms with Gasteiger partial charge >= 0.3 is 0 Å². The smallest absolute Gasteiger partial charge is 0.0681 e. The number of hydrogen-bond acceptors (Lipinski definition) is 3. The van der Waals surface area contributed by atoms with Crippen LogP contribution in [0.4, 0.5) is 0 Å².